The minimum absolute atomic E-state index is 0.121. The number of methoxy groups -OCH3 is 2. The zero-order valence-corrected chi connectivity index (χ0v) is 13.0. The van der Waals surface area contributed by atoms with Gasteiger partial charge in [0.05, 0.1) is 26.9 Å². The van der Waals surface area contributed by atoms with Crippen molar-refractivity contribution in [1.29, 1.82) is 0 Å². The van der Waals surface area contributed by atoms with E-state index < -0.39 is 17.2 Å². The van der Waals surface area contributed by atoms with E-state index >= 15 is 0 Å². The van der Waals surface area contributed by atoms with E-state index in [9.17, 15) is 14.4 Å². The van der Waals surface area contributed by atoms with Crippen LogP contribution < -0.4 is 26.1 Å². The molecule has 1 aromatic heterocycles. The molecule has 0 fully saturated rings. The highest BCUT2D eigenvalue weighted by Crippen LogP contribution is 2.22. The maximum atomic E-state index is 11.7. The minimum Gasteiger partial charge on any atom is -0.497 e. The number of carbonyl (C=O) groups is 1. The van der Waals surface area contributed by atoms with E-state index in [1.807, 2.05) is 10.1 Å². The SMILES string of the molecule is COc1ccc(/C=N/NC(=O)Cc2n[nH]c(=O)[nH]c2=O)c(OC)c1. The Morgan fingerprint density at radius 1 is 1.33 bits per heavy atom. The molecule has 0 aliphatic heterocycles. The Balaban J connectivity index is 2.02. The second kappa shape index (κ2) is 7.72. The summed E-state index contributed by atoms with van der Waals surface area (Å²) in [6.45, 7) is 0. The summed E-state index contributed by atoms with van der Waals surface area (Å²) in [6.07, 6.45) is 1.06. The molecule has 0 bridgehead atoms. The van der Waals surface area contributed by atoms with Crippen molar-refractivity contribution in [2.75, 3.05) is 14.2 Å². The summed E-state index contributed by atoms with van der Waals surface area (Å²) in [5.74, 6) is 0.575. The highest BCUT2D eigenvalue weighted by atomic mass is 16.5. The van der Waals surface area contributed by atoms with Gasteiger partial charge in [-0.15, -0.1) is 0 Å². The Labute approximate surface area is 135 Å². The third-order valence-corrected chi connectivity index (χ3v) is 2.94. The number of hydrazone groups is 1. The predicted molar refractivity (Wildman–Crippen MR) is 84.5 cm³/mol. The number of ether oxygens (including phenoxy) is 2. The molecule has 1 amide bonds. The number of aromatic nitrogens is 3. The molecule has 0 aliphatic rings. The summed E-state index contributed by atoms with van der Waals surface area (Å²) in [5, 5.41) is 9.34. The van der Waals surface area contributed by atoms with Crippen molar-refractivity contribution in [2.45, 2.75) is 6.42 Å². The quantitative estimate of drug-likeness (QED) is 0.466. The van der Waals surface area contributed by atoms with Gasteiger partial charge in [0, 0.05) is 11.6 Å². The number of hydrogen-bond acceptors (Lipinski definition) is 7. The summed E-state index contributed by atoms with van der Waals surface area (Å²) >= 11 is 0. The Hall–Kier alpha value is -3.43. The first-order valence-corrected chi connectivity index (χ1v) is 6.75. The second-order valence-electron chi connectivity index (χ2n) is 4.53. The van der Waals surface area contributed by atoms with E-state index in [-0.39, 0.29) is 12.1 Å². The number of nitrogens with zero attached hydrogens (tertiary/aromatic N) is 2. The van der Waals surface area contributed by atoms with Gasteiger partial charge in [0.2, 0.25) is 5.91 Å². The summed E-state index contributed by atoms with van der Waals surface area (Å²) < 4.78 is 10.3. The van der Waals surface area contributed by atoms with Crippen molar-refractivity contribution in [3.63, 3.8) is 0 Å². The van der Waals surface area contributed by atoms with Crippen LogP contribution in [0.5, 0.6) is 11.5 Å². The second-order valence-corrected chi connectivity index (χ2v) is 4.53. The predicted octanol–water partition coefficient (Wildman–Crippen LogP) is -0.832. The Morgan fingerprint density at radius 2 is 2.12 bits per heavy atom. The maximum Gasteiger partial charge on any atom is 0.342 e. The van der Waals surface area contributed by atoms with E-state index in [1.54, 1.807) is 18.2 Å². The number of benzene rings is 1. The van der Waals surface area contributed by atoms with Crippen molar-refractivity contribution in [3.8, 4) is 11.5 Å². The van der Waals surface area contributed by atoms with Crippen LogP contribution in [0.25, 0.3) is 0 Å². The standard InChI is InChI=1S/C14H15N5O5/c1-23-9-4-3-8(11(5-9)24-2)7-15-18-12(20)6-10-13(21)16-14(22)19-17-10/h3-5,7H,6H2,1-2H3,(H,18,20)(H2,16,19,21,22)/b15-7+. The number of aromatic amines is 2. The van der Waals surface area contributed by atoms with Crippen LogP contribution >= 0.6 is 0 Å². The first-order chi connectivity index (χ1) is 11.5. The van der Waals surface area contributed by atoms with Crippen molar-refractivity contribution in [3.05, 3.63) is 50.3 Å². The van der Waals surface area contributed by atoms with Gasteiger partial charge in [-0.3, -0.25) is 14.6 Å². The Bertz CT molecular complexity index is 870. The zero-order chi connectivity index (χ0) is 17.5. The lowest BCUT2D eigenvalue weighted by molar-refractivity contribution is -0.120. The van der Waals surface area contributed by atoms with Crippen LogP contribution in [0.15, 0.2) is 32.9 Å². The number of hydrogen-bond donors (Lipinski definition) is 3. The molecule has 0 saturated heterocycles. The molecule has 0 unspecified atom stereocenters. The third kappa shape index (κ3) is 4.29. The first-order valence-electron chi connectivity index (χ1n) is 6.75. The molecule has 10 nitrogen and oxygen atoms in total. The Morgan fingerprint density at radius 3 is 2.79 bits per heavy atom. The molecule has 0 saturated carbocycles. The molecule has 3 N–H and O–H groups in total. The fourth-order valence-electron chi connectivity index (χ4n) is 1.78. The molecule has 10 heteroatoms. The molecular formula is C14H15N5O5. The molecular weight excluding hydrogens is 318 g/mol. The largest absolute Gasteiger partial charge is 0.497 e. The van der Waals surface area contributed by atoms with Gasteiger partial charge in [0.1, 0.15) is 17.2 Å². The van der Waals surface area contributed by atoms with Gasteiger partial charge in [-0.1, -0.05) is 0 Å². The molecule has 2 rings (SSSR count). The molecule has 0 radical (unpaired) electrons. The van der Waals surface area contributed by atoms with Crippen LogP contribution in [0.1, 0.15) is 11.3 Å². The number of rotatable bonds is 6. The summed E-state index contributed by atoms with van der Waals surface area (Å²) in [5.41, 5.74) is 1.29. The third-order valence-electron chi connectivity index (χ3n) is 2.94. The molecule has 1 heterocycles. The van der Waals surface area contributed by atoms with Gasteiger partial charge in [0.15, 0.2) is 0 Å². The normalized spacial score (nSPS) is 10.6. The van der Waals surface area contributed by atoms with E-state index in [2.05, 4.69) is 15.6 Å². The van der Waals surface area contributed by atoms with Crippen molar-refractivity contribution in [2.24, 2.45) is 5.10 Å². The van der Waals surface area contributed by atoms with Gasteiger partial charge in [-0.05, 0) is 12.1 Å². The Kier molecular flexibility index (Phi) is 5.45. The molecule has 0 spiro atoms. The first kappa shape index (κ1) is 16.9. The lowest BCUT2D eigenvalue weighted by atomic mass is 10.2. The van der Waals surface area contributed by atoms with Gasteiger partial charge in [-0.25, -0.2) is 15.3 Å². The van der Waals surface area contributed by atoms with Crippen LogP contribution in [-0.4, -0.2) is 41.5 Å². The zero-order valence-electron chi connectivity index (χ0n) is 13.0. The monoisotopic (exact) mass is 333 g/mol. The summed E-state index contributed by atoms with van der Waals surface area (Å²) in [7, 11) is 3.04. The topological polar surface area (TPSA) is 139 Å². The van der Waals surface area contributed by atoms with Crippen LogP contribution in [0.2, 0.25) is 0 Å². The minimum atomic E-state index is -0.742. The van der Waals surface area contributed by atoms with Crippen molar-refractivity contribution in [1.82, 2.24) is 20.6 Å². The fourth-order valence-corrected chi connectivity index (χ4v) is 1.78. The lowest BCUT2D eigenvalue weighted by Gasteiger charge is -2.06. The van der Waals surface area contributed by atoms with Gasteiger partial charge in [0.25, 0.3) is 5.56 Å². The smallest absolute Gasteiger partial charge is 0.342 e. The van der Waals surface area contributed by atoms with Gasteiger partial charge < -0.3 is 9.47 Å². The average molecular weight is 333 g/mol. The molecule has 0 aliphatic carbocycles. The number of amides is 1. The van der Waals surface area contributed by atoms with E-state index in [4.69, 9.17) is 9.47 Å². The molecule has 0 atom stereocenters. The van der Waals surface area contributed by atoms with Crippen molar-refractivity contribution < 1.29 is 14.3 Å². The maximum absolute atomic E-state index is 11.7. The molecule has 2 aromatic rings. The fraction of sp³-hybridized carbons (Fsp3) is 0.214. The van der Waals surface area contributed by atoms with E-state index in [1.165, 1.54) is 20.4 Å². The van der Waals surface area contributed by atoms with Crippen molar-refractivity contribution >= 4 is 12.1 Å². The van der Waals surface area contributed by atoms with Gasteiger partial charge in [-0.2, -0.15) is 10.2 Å². The highest BCUT2D eigenvalue weighted by Gasteiger charge is 2.08. The van der Waals surface area contributed by atoms with E-state index in [0.717, 1.165) is 0 Å². The average Bonchev–Trinajstić information content (AvgIpc) is 2.57. The van der Waals surface area contributed by atoms with Crippen LogP contribution in [-0.2, 0) is 11.2 Å². The number of H-pyrrole nitrogens is 2. The summed E-state index contributed by atoms with van der Waals surface area (Å²) in [4.78, 5) is 36.0. The lowest BCUT2D eigenvalue weighted by Crippen LogP contribution is -2.31. The van der Waals surface area contributed by atoms with Crippen LogP contribution in [0.3, 0.4) is 0 Å². The van der Waals surface area contributed by atoms with Gasteiger partial charge >= 0.3 is 5.69 Å². The number of nitrogens with one attached hydrogen (secondary N) is 3. The molecule has 24 heavy (non-hydrogen) atoms. The molecule has 126 valence electrons. The number of carbonyl (C=O) groups excluding carboxylic acids is 1. The molecule has 1 aromatic carbocycles. The van der Waals surface area contributed by atoms with Crippen LogP contribution in [0.4, 0.5) is 0 Å². The van der Waals surface area contributed by atoms with Crippen LogP contribution in [0, 0.1) is 0 Å². The highest BCUT2D eigenvalue weighted by molar-refractivity contribution is 5.85. The van der Waals surface area contributed by atoms with E-state index in [0.29, 0.717) is 17.1 Å². The summed E-state index contributed by atoms with van der Waals surface area (Å²) in [6, 6.07) is 5.10.